The number of alkyl halides is 2. The summed E-state index contributed by atoms with van der Waals surface area (Å²) in [7, 11) is 0. The van der Waals surface area contributed by atoms with Crippen molar-refractivity contribution in [3.8, 4) is 12.3 Å². The van der Waals surface area contributed by atoms with Crippen LogP contribution < -0.4 is 0 Å². The van der Waals surface area contributed by atoms with Gasteiger partial charge < -0.3 is 9.47 Å². The minimum Gasteiger partial charge on any atom is -0.371 e. The Morgan fingerprint density at radius 1 is 1.16 bits per heavy atom. The number of allylic oxidation sites excluding steroid dienone is 1. The molecule has 0 aromatic heterocycles. The summed E-state index contributed by atoms with van der Waals surface area (Å²) >= 11 is 7.42. The molecule has 2 aliphatic rings. The van der Waals surface area contributed by atoms with E-state index in [1.165, 1.54) is 0 Å². The summed E-state index contributed by atoms with van der Waals surface area (Å²) in [6.07, 6.45) is 13.8. The van der Waals surface area contributed by atoms with Gasteiger partial charge in [0.1, 0.15) is 0 Å². The Bertz CT molecular complexity index is 364. The predicted octanol–water partition coefficient (Wildman–Crippen LogP) is 3.82. The first kappa shape index (κ1) is 15.6. The fourth-order valence-corrected chi connectivity index (χ4v) is 4.36. The first-order valence-corrected chi connectivity index (χ1v) is 8.69. The van der Waals surface area contributed by atoms with Crippen molar-refractivity contribution >= 4 is 31.9 Å². The van der Waals surface area contributed by atoms with E-state index in [-0.39, 0.29) is 18.3 Å². The molecule has 6 atom stereocenters. The third-order valence-corrected chi connectivity index (χ3v) is 5.75. The van der Waals surface area contributed by atoms with Gasteiger partial charge in [-0.2, -0.15) is 0 Å². The number of terminal acetylenes is 1. The molecule has 0 bridgehead atoms. The maximum Gasteiger partial charge on any atom is 0.0853 e. The fraction of sp³-hybridized carbons (Fsp3) is 0.733. The van der Waals surface area contributed by atoms with E-state index in [1.54, 1.807) is 6.08 Å². The van der Waals surface area contributed by atoms with Crippen LogP contribution in [0.2, 0.25) is 0 Å². The largest absolute Gasteiger partial charge is 0.371 e. The van der Waals surface area contributed by atoms with Crippen molar-refractivity contribution in [3.05, 3.63) is 12.2 Å². The molecule has 0 spiro atoms. The minimum absolute atomic E-state index is 0.199. The number of hydrogen-bond acceptors (Lipinski definition) is 2. The third kappa shape index (κ3) is 3.85. The highest BCUT2D eigenvalue weighted by Crippen LogP contribution is 2.38. The molecule has 2 saturated heterocycles. The lowest BCUT2D eigenvalue weighted by Gasteiger charge is -2.19. The molecule has 0 radical (unpaired) electrons. The van der Waals surface area contributed by atoms with Gasteiger partial charge in [0.25, 0.3) is 0 Å². The molecular weight excluding hydrogens is 372 g/mol. The van der Waals surface area contributed by atoms with E-state index in [2.05, 4.69) is 44.7 Å². The number of rotatable bonds is 4. The van der Waals surface area contributed by atoms with Gasteiger partial charge in [-0.25, -0.2) is 0 Å². The molecule has 0 aliphatic carbocycles. The molecule has 0 aromatic carbocycles. The van der Waals surface area contributed by atoms with Gasteiger partial charge in [0.15, 0.2) is 0 Å². The molecule has 2 aliphatic heterocycles. The van der Waals surface area contributed by atoms with E-state index < -0.39 is 0 Å². The van der Waals surface area contributed by atoms with Crippen LogP contribution in [0.25, 0.3) is 0 Å². The van der Waals surface area contributed by atoms with Crippen LogP contribution in [0, 0.1) is 12.3 Å². The van der Waals surface area contributed by atoms with Crippen molar-refractivity contribution in [2.45, 2.75) is 66.7 Å². The topological polar surface area (TPSA) is 18.5 Å². The predicted molar refractivity (Wildman–Crippen MR) is 84.9 cm³/mol. The summed E-state index contributed by atoms with van der Waals surface area (Å²) in [5, 5.41) is 0. The molecule has 0 saturated carbocycles. The molecule has 2 rings (SSSR count). The Labute approximate surface area is 132 Å². The number of hydrogen-bond donors (Lipinski definition) is 0. The summed E-state index contributed by atoms with van der Waals surface area (Å²) in [6, 6.07) is 0. The van der Waals surface area contributed by atoms with Crippen molar-refractivity contribution in [1.29, 1.82) is 0 Å². The summed E-state index contributed by atoms with van der Waals surface area (Å²) in [6.45, 7) is 2.16. The average Bonchev–Trinajstić information content (AvgIpc) is 2.93. The highest BCUT2D eigenvalue weighted by molar-refractivity contribution is 9.09. The van der Waals surface area contributed by atoms with E-state index in [9.17, 15) is 0 Å². The van der Waals surface area contributed by atoms with Crippen LogP contribution in [0.1, 0.15) is 32.6 Å². The van der Waals surface area contributed by atoms with Crippen molar-refractivity contribution in [2.75, 3.05) is 0 Å². The Morgan fingerprint density at radius 2 is 1.74 bits per heavy atom. The molecule has 2 fully saturated rings. The lowest BCUT2D eigenvalue weighted by Crippen LogP contribution is -2.26. The maximum absolute atomic E-state index is 6.13. The normalized spacial score (nSPS) is 42.8. The van der Waals surface area contributed by atoms with Crippen LogP contribution >= 0.6 is 31.9 Å². The molecule has 0 amide bonds. The second kappa shape index (κ2) is 7.26. The third-order valence-electron chi connectivity index (χ3n) is 3.82. The summed E-state index contributed by atoms with van der Waals surface area (Å²) in [4.78, 5) is 0.846. The van der Waals surface area contributed by atoms with Gasteiger partial charge in [-0.1, -0.05) is 50.8 Å². The summed E-state index contributed by atoms with van der Waals surface area (Å²) in [5.41, 5.74) is 0. The molecule has 106 valence electrons. The quantitative estimate of drug-likeness (QED) is 0.535. The molecular formula is C15H20Br2O2. The Kier molecular flexibility index (Phi) is 5.95. The Morgan fingerprint density at radius 3 is 2.26 bits per heavy atom. The minimum atomic E-state index is 0.199. The first-order valence-electron chi connectivity index (χ1n) is 6.85. The van der Waals surface area contributed by atoms with E-state index in [1.807, 2.05) is 6.08 Å². The molecule has 0 N–H and O–H groups in total. The fourth-order valence-electron chi connectivity index (χ4n) is 2.78. The molecule has 4 heteroatoms. The zero-order valence-electron chi connectivity index (χ0n) is 11.1. The first-order chi connectivity index (χ1) is 9.15. The van der Waals surface area contributed by atoms with E-state index in [0.717, 1.165) is 25.7 Å². The van der Waals surface area contributed by atoms with Gasteiger partial charge in [0.05, 0.1) is 24.4 Å². The van der Waals surface area contributed by atoms with Crippen LogP contribution in [0.15, 0.2) is 12.2 Å². The van der Waals surface area contributed by atoms with Gasteiger partial charge in [0, 0.05) is 9.65 Å². The van der Waals surface area contributed by atoms with Crippen LogP contribution in [0.3, 0.4) is 0 Å². The molecule has 19 heavy (non-hydrogen) atoms. The van der Waals surface area contributed by atoms with Crippen molar-refractivity contribution in [1.82, 2.24) is 0 Å². The summed E-state index contributed by atoms with van der Waals surface area (Å²) < 4.78 is 12.2. The smallest absolute Gasteiger partial charge is 0.0853 e. The van der Waals surface area contributed by atoms with Crippen molar-refractivity contribution in [3.63, 3.8) is 0 Å². The Balaban J connectivity index is 1.87. The van der Waals surface area contributed by atoms with Crippen LogP contribution in [-0.2, 0) is 9.47 Å². The van der Waals surface area contributed by atoms with Gasteiger partial charge in [-0.05, 0) is 31.8 Å². The molecule has 0 aromatic rings. The maximum atomic E-state index is 6.13. The van der Waals surface area contributed by atoms with Crippen molar-refractivity contribution < 1.29 is 9.47 Å². The molecule has 2 heterocycles. The van der Waals surface area contributed by atoms with Gasteiger partial charge in [0.2, 0.25) is 0 Å². The zero-order chi connectivity index (χ0) is 13.8. The monoisotopic (exact) mass is 390 g/mol. The van der Waals surface area contributed by atoms with E-state index >= 15 is 0 Å². The number of ether oxygens (including phenoxy) is 2. The van der Waals surface area contributed by atoms with Crippen molar-refractivity contribution in [2.24, 2.45) is 0 Å². The highest BCUT2D eigenvalue weighted by atomic mass is 79.9. The van der Waals surface area contributed by atoms with Gasteiger partial charge in [-0.15, -0.1) is 6.42 Å². The van der Waals surface area contributed by atoms with Crippen LogP contribution in [-0.4, -0.2) is 34.1 Å². The highest BCUT2D eigenvalue weighted by Gasteiger charge is 2.43. The SMILES string of the molecule is C#C/C=C/C[C@@H]1OC(C2C[C@H](Br)[C@@H](CC)O2)C[C@H]1Br. The second-order valence-corrected chi connectivity index (χ2v) is 7.49. The van der Waals surface area contributed by atoms with E-state index in [4.69, 9.17) is 15.9 Å². The second-order valence-electron chi connectivity index (χ2n) is 5.14. The lowest BCUT2D eigenvalue weighted by molar-refractivity contribution is -0.0640. The number of halogens is 2. The van der Waals surface area contributed by atoms with E-state index in [0.29, 0.717) is 15.8 Å². The van der Waals surface area contributed by atoms with Gasteiger partial charge >= 0.3 is 0 Å². The Hall–Kier alpha value is 0.180. The standard InChI is InChI=1S/C15H20Br2O2/c1-3-5-6-7-13-11(17)9-15(19-13)14-8-10(16)12(4-2)18-14/h1,5-6,10-15H,4,7-9H2,2H3/b6-5+/t10-,11+,12+,13-,14?,15?/m0/s1. The zero-order valence-corrected chi connectivity index (χ0v) is 14.3. The molecule has 2 nitrogen and oxygen atoms in total. The van der Waals surface area contributed by atoms with Crippen LogP contribution in [0.4, 0.5) is 0 Å². The summed E-state index contributed by atoms with van der Waals surface area (Å²) in [5.74, 6) is 2.51. The average molecular weight is 392 g/mol. The lowest BCUT2D eigenvalue weighted by atomic mass is 10.1. The van der Waals surface area contributed by atoms with Gasteiger partial charge in [-0.3, -0.25) is 0 Å². The molecule has 2 unspecified atom stereocenters. The van der Waals surface area contributed by atoms with Crippen LogP contribution in [0.5, 0.6) is 0 Å².